The van der Waals surface area contributed by atoms with Gasteiger partial charge in [0.25, 0.3) is 0 Å². The third-order valence-corrected chi connectivity index (χ3v) is 3.90. The number of likely N-dealkylation sites (tertiary alicyclic amines) is 1. The lowest BCUT2D eigenvalue weighted by atomic mass is 9.89. The van der Waals surface area contributed by atoms with Gasteiger partial charge in [-0.1, -0.05) is 24.3 Å². The van der Waals surface area contributed by atoms with E-state index in [-0.39, 0.29) is 12.5 Å². The van der Waals surface area contributed by atoms with Crippen LogP contribution in [0, 0.1) is 0 Å². The average molecular weight is 262 g/mol. The van der Waals surface area contributed by atoms with Crippen molar-refractivity contribution in [3.8, 4) is 0 Å². The number of rotatable bonds is 5. The Morgan fingerprint density at radius 1 is 1.53 bits per heavy atom. The molecule has 2 atom stereocenters. The third kappa shape index (κ3) is 3.55. The van der Waals surface area contributed by atoms with Crippen molar-refractivity contribution in [1.29, 1.82) is 0 Å². The van der Waals surface area contributed by atoms with Gasteiger partial charge in [0.1, 0.15) is 0 Å². The SMILES string of the molecule is CN1CCC(c2ccccc2C(N)CCC(=O)O)C1. The fourth-order valence-corrected chi connectivity index (χ4v) is 2.84. The molecule has 1 heterocycles. The maximum atomic E-state index is 10.7. The summed E-state index contributed by atoms with van der Waals surface area (Å²) < 4.78 is 0. The first-order valence-corrected chi connectivity index (χ1v) is 6.82. The fraction of sp³-hybridized carbons (Fsp3) is 0.533. The average Bonchev–Trinajstić information content (AvgIpc) is 2.82. The zero-order chi connectivity index (χ0) is 13.8. The van der Waals surface area contributed by atoms with Gasteiger partial charge < -0.3 is 15.7 Å². The molecule has 4 heteroatoms. The summed E-state index contributed by atoms with van der Waals surface area (Å²) in [7, 11) is 2.13. The van der Waals surface area contributed by atoms with E-state index in [9.17, 15) is 4.79 Å². The molecular formula is C15H22N2O2. The highest BCUT2D eigenvalue weighted by molar-refractivity contribution is 5.66. The van der Waals surface area contributed by atoms with E-state index >= 15 is 0 Å². The number of hydrogen-bond donors (Lipinski definition) is 2. The number of carbonyl (C=O) groups is 1. The molecular weight excluding hydrogens is 240 g/mol. The van der Waals surface area contributed by atoms with Crippen molar-refractivity contribution in [3.63, 3.8) is 0 Å². The van der Waals surface area contributed by atoms with Crippen LogP contribution in [0.15, 0.2) is 24.3 Å². The summed E-state index contributed by atoms with van der Waals surface area (Å²) in [6.45, 7) is 2.17. The van der Waals surface area contributed by atoms with Crippen molar-refractivity contribution in [3.05, 3.63) is 35.4 Å². The Morgan fingerprint density at radius 2 is 2.26 bits per heavy atom. The van der Waals surface area contributed by atoms with Crippen LogP contribution >= 0.6 is 0 Å². The number of benzene rings is 1. The highest BCUT2D eigenvalue weighted by atomic mass is 16.4. The Labute approximate surface area is 114 Å². The molecule has 1 fully saturated rings. The molecule has 1 saturated heterocycles. The van der Waals surface area contributed by atoms with E-state index in [0.717, 1.165) is 25.1 Å². The van der Waals surface area contributed by atoms with Gasteiger partial charge in [-0.3, -0.25) is 4.79 Å². The number of nitrogens with zero attached hydrogens (tertiary/aromatic N) is 1. The third-order valence-electron chi connectivity index (χ3n) is 3.90. The van der Waals surface area contributed by atoms with Crippen molar-refractivity contribution < 1.29 is 9.90 Å². The molecule has 0 saturated carbocycles. The summed E-state index contributed by atoms with van der Waals surface area (Å²) in [5.74, 6) is -0.259. The van der Waals surface area contributed by atoms with Crippen LogP contribution in [0.1, 0.15) is 42.3 Å². The molecule has 104 valence electrons. The minimum absolute atomic E-state index is 0.125. The molecule has 4 nitrogen and oxygen atoms in total. The number of hydrogen-bond acceptors (Lipinski definition) is 3. The van der Waals surface area contributed by atoms with Crippen molar-refractivity contribution in [2.24, 2.45) is 5.73 Å². The second-order valence-corrected chi connectivity index (χ2v) is 5.42. The van der Waals surface area contributed by atoms with Gasteiger partial charge in [-0.25, -0.2) is 0 Å². The lowest BCUT2D eigenvalue weighted by Crippen LogP contribution is -2.17. The van der Waals surface area contributed by atoms with Crippen LogP contribution in [0.25, 0.3) is 0 Å². The summed E-state index contributed by atoms with van der Waals surface area (Å²) in [6.07, 6.45) is 1.77. The van der Waals surface area contributed by atoms with Gasteiger partial charge >= 0.3 is 5.97 Å². The molecule has 1 aromatic carbocycles. The standard InChI is InChI=1S/C15H22N2O2/c1-17-9-8-11(10-17)12-4-2-3-5-13(12)14(16)6-7-15(18)19/h2-5,11,14H,6-10,16H2,1H3,(H,18,19). The van der Waals surface area contributed by atoms with E-state index in [1.807, 2.05) is 18.2 Å². The summed E-state index contributed by atoms with van der Waals surface area (Å²) in [5, 5.41) is 8.76. The molecule has 1 aromatic rings. The van der Waals surface area contributed by atoms with E-state index in [0.29, 0.717) is 12.3 Å². The van der Waals surface area contributed by atoms with Crippen LogP contribution in [0.5, 0.6) is 0 Å². The molecule has 0 amide bonds. The van der Waals surface area contributed by atoms with Gasteiger partial charge in [-0.15, -0.1) is 0 Å². The highest BCUT2D eigenvalue weighted by Crippen LogP contribution is 2.32. The zero-order valence-corrected chi connectivity index (χ0v) is 11.4. The Balaban J connectivity index is 2.13. The lowest BCUT2D eigenvalue weighted by molar-refractivity contribution is -0.137. The van der Waals surface area contributed by atoms with Gasteiger partial charge in [0.2, 0.25) is 0 Å². The van der Waals surface area contributed by atoms with E-state index < -0.39 is 5.97 Å². The van der Waals surface area contributed by atoms with Gasteiger partial charge in [-0.2, -0.15) is 0 Å². The number of nitrogens with two attached hydrogens (primary N) is 1. The fourth-order valence-electron chi connectivity index (χ4n) is 2.84. The van der Waals surface area contributed by atoms with Crippen molar-refractivity contribution in [1.82, 2.24) is 4.90 Å². The Hall–Kier alpha value is -1.39. The predicted octanol–water partition coefficient (Wildman–Crippen LogP) is 1.97. The van der Waals surface area contributed by atoms with Gasteiger partial charge in [-0.05, 0) is 43.5 Å². The monoisotopic (exact) mass is 262 g/mol. The number of aliphatic carboxylic acids is 1. The molecule has 1 aliphatic heterocycles. The van der Waals surface area contributed by atoms with E-state index in [1.165, 1.54) is 5.56 Å². The Bertz CT molecular complexity index is 448. The van der Waals surface area contributed by atoms with Crippen LogP contribution in [0.2, 0.25) is 0 Å². The predicted molar refractivity (Wildman–Crippen MR) is 75.1 cm³/mol. The maximum absolute atomic E-state index is 10.7. The second-order valence-electron chi connectivity index (χ2n) is 5.42. The molecule has 2 rings (SSSR count). The molecule has 0 aliphatic carbocycles. The molecule has 1 aliphatic rings. The minimum atomic E-state index is -0.784. The Morgan fingerprint density at radius 3 is 2.89 bits per heavy atom. The van der Waals surface area contributed by atoms with Gasteiger partial charge in [0.15, 0.2) is 0 Å². The second kappa shape index (κ2) is 6.17. The van der Waals surface area contributed by atoms with Crippen LogP contribution in [0.4, 0.5) is 0 Å². The number of carboxylic acids is 1. The van der Waals surface area contributed by atoms with Crippen molar-refractivity contribution >= 4 is 5.97 Å². The van der Waals surface area contributed by atoms with Crippen LogP contribution in [-0.4, -0.2) is 36.1 Å². The summed E-state index contributed by atoms with van der Waals surface area (Å²) in [4.78, 5) is 13.0. The number of carboxylic acid groups (broad SMARTS) is 1. The molecule has 0 spiro atoms. The summed E-state index contributed by atoms with van der Waals surface area (Å²) in [6, 6.07) is 8.03. The van der Waals surface area contributed by atoms with E-state index in [4.69, 9.17) is 10.8 Å². The van der Waals surface area contributed by atoms with Crippen molar-refractivity contribution in [2.45, 2.75) is 31.2 Å². The Kier molecular flexibility index (Phi) is 4.56. The largest absolute Gasteiger partial charge is 0.481 e. The zero-order valence-electron chi connectivity index (χ0n) is 11.4. The molecule has 2 unspecified atom stereocenters. The topological polar surface area (TPSA) is 66.6 Å². The first kappa shape index (κ1) is 14.0. The lowest BCUT2D eigenvalue weighted by Gasteiger charge is -2.20. The minimum Gasteiger partial charge on any atom is -0.481 e. The molecule has 3 N–H and O–H groups in total. The number of likely N-dealkylation sites (N-methyl/N-ethyl adjacent to an activating group) is 1. The van der Waals surface area contributed by atoms with Crippen LogP contribution < -0.4 is 5.73 Å². The van der Waals surface area contributed by atoms with Gasteiger partial charge in [0.05, 0.1) is 0 Å². The first-order chi connectivity index (χ1) is 9.08. The first-order valence-electron chi connectivity index (χ1n) is 6.82. The molecule has 0 bridgehead atoms. The maximum Gasteiger partial charge on any atom is 0.303 e. The normalized spacial score (nSPS) is 21.5. The van der Waals surface area contributed by atoms with Crippen LogP contribution in [-0.2, 0) is 4.79 Å². The molecule has 19 heavy (non-hydrogen) atoms. The summed E-state index contributed by atoms with van der Waals surface area (Å²) >= 11 is 0. The molecule has 0 radical (unpaired) electrons. The molecule has 0 aromatic heterocycles. The van der Waals surface area contributed by atoms with E-state index in [2.05, 4.69) is 18.0 Å². The quantitative estimate of drug-likeness (QED) is 0.851. The van der Waals surface area contributed by atoms with Gasteiger partial charge in [0, 0.05) is 19.0 Å². The van der Waals surface area contributed by atoms with E-state index in [1.54, 1.807) is 0 Å². The highest BCUT2D eigenvalue weighted by Gasteiger charge is 2.24. The van der Waals surface area contributed by atoms with Crippen LogP contribution in [0.3, 0.4) is 0 Å². The van der Waals surface area contributed by atoms with Crippen molar-refractivity contribution in [2.75, 3.05) is 20.1 Å². The summed E-state index contributed by atoms with van der Waals surface area (Å²) in [5.41, 5.74) is 8.58. The smallest absolute Gasteiger partial charge is 0.303 e.